The maximum absolute atomic E-state index is 12.3. The van der Waals surface area contributed by atoms with Crippen molar-refractivity contribution in [3.63, 3.8) is 0 Å². The van der Waals surface area contributed by atoms with E-state index in [1.807, 2.05) is 30.0 Å². The van der Waals surface area contributed by atoms with Gasteiger partial charge in [-0.05, 0) is 37.4 Å². The zero-order valence-electron chi connectivity index (χ0n) is 14.0. The molecule has 1 aliphatic rings. The maximum atomic E-state index is 12.3. The van der Waals surface area contributed by atoms with Crippen molar-refractivity contribution in [1.82, 2.24) is 10.2 Å². The summed E-state index contributed by atoms with van der Waals surface area (Å²) >= 11 is 1.43. The zero-order valence-corrected chi connectivity index (χ0v) is 15.6. The molecule has 0 aliphatic carbocycles. The van der Waals surface area contributed by atoms with Gasteiger partial charge in [-0.2, -0.15) is 0 Å². The molecule has 5 nitrogen and oxygen atoms in total. The molecule has 1 heterocycles. The maximum Gasteiger partial charge on any atom is 0.252 e. The second kappa shape index (κ2) is 10.6. The molecule has 0 spiro atoms. The molecule has 0 radical (unpaired) electrons. The van der Waals surface area contributed by atoms with Gasteiger partial charge in [0.2, 0.25) is 5.91 Å². The molecule has 24 heavy (non-hydrogen) atoms. The van der Waals surface area contributed by atoms with Gasteiger partial charge >= 0.3 is 0 Å². The van der Waals surface area contributed by atoms with Gasteiger partial charge in [0.05, 0.1) is 11.3 Å². The number of halogens is 1. The van der Waals surface area contributed by atoms with Gasteiger partial charge in [-0.25, -0.2) is 0 Å². The van der Waals surface area contributed by atoms with Crippen molar-refractivity contribution < 1.29 is 9.59 Å². The third-order valence-electron chi connectivity index (χ3n) is 3.96. The predicted octanol–water partition coefficient (Wildman–Crippen LogP) is 2.15. The number of amides is 2. The van der Waals surface area contributed by atoms with E-state index in [-0.39, 0.29) is 30.1 Å². The molecule has 0 bridgehead atoms. The third-order valence-corrected chi connectivity index (χ3v) is 5.01. The zero-order chi connectivity index (χ0) is 16.7. The van der Waals surface area contributed by atoms with Crippen LogP contribution in [-0.4, -0.2) is 48.6 Å². The van der Waals surface area contributed by atoms with E-state index < -0.39 is 0 Å². The van der Waals surface area contributed by atoms with Crippen molar-refractivity contribution in [3.8, 4) is 0 Å². The minimum absolute atomic E-state index is 0. The Balaban J connectivity index is 0.00000288. The smallest absolute Gasteiger partial charge is 0.252 e. The molecular formula is C17H26ClN3O2S. The number of thioether (sulfide) groups is 1. The first-order chi connectivity index (χ1) is 11.1. The Hall–Kier alpha value is -1.24. The quantitative estimate of drug-likeness (QED) is 0.720. The number of likely N-dealkylation sites (tertiary alicyclic amines) is 1. The molecule has 0 aromatic heterocycles. The van der Waals surface area contributed by atoms with Gasteiger partial charge in [0.15, 0.2) is 0 Å². The average Bonchev–Trinajstić information content (AvgIpc) is 3.12. The van der Waals surface area contributed by atoms with Crippen LogP contribution in [0.4, 0.5) is 0 Å². The minimum atomic E-state index is -0.109. The van der Waals surface area contributed by atoms with E-state index in [0.717, 1.165) is 30.8 Å². The molecule has 1 saturated heterocycles. The van der Waals surface area contributed by atoms with Crippen molar-refractivity contribution in [3.05, 3.63) is 29.8 Å². The normalized spacial score (nSPS) is 14.8. The molecule has 2 rings (SSSR count). The summed E-state index contributed by atoms with van der Waals surface area (Å²) in [5.74, 6) is 0.667. The van der Waals surface area contributed by atoms with Crippen LogP contribution in [0, 0.1) is 5.92 Å². The summed E-state index contributed by atoms with van der Waals surface area (Å²) in [5.41, 5.74) is 6.19. The lowest BCUT2D eigenvalue weighted by Crippen LogP contribution is -2.31. The number of hydrogen-bond acceptors (Lipinski definition) is 4. The number of benzene rings is 1. The standard InChI is InChI=1S/C17H25N3O2S.ClH/c1-13(10-18)11-19-17(22)14-6-2-3-7-15(14)23-12-16(21)20-8-4-5-9-20;/h2-3,6-7,13H,4-5,8-12,18H2,1H3,(H,19,22);1H. The van der Waals surface area contributed by atoms with Crippen LogP contribution < -0.4 is 11.1 Å². The van der Waals surface area contributed by atoms with Crippen molar-refractivity contribution >= 4 is 36.0 Å². The number of nitrogens with one attached hydrogen (secondary N) is 1. The Labute approximate surface area is 154 Å². The highest BCUT2D eigenvalue weighted by Crippen LogP contribution is 2.23. The van der Waals surface area contributed by atoms with E-state index in [4.69, 9.17) is 5.73 Å². The van der Waals surface area contributed by atoms with Gasteiger partial charge in [-0.1, -0.05) is 19.1 Å². The van der Waals surface area contributed by atoms with Gasteiger partial charge in [0, 0.05) is 24.5 Å². The first-order valence-electron chi connectivity index (χ1n) is 8.09. The van der Waals surface area contributed by atoms with E-state index >= 15 is 0 Å². The SMILES string of the molecule is CC(CN)CNC(=O)c1ccccc1SCC(=O)N1CCCC1.Cl. The number of nitrogens with zero attached hydrogens (tertiary/aromatic N) is 1. The lowest BCUT2D eigenvalue weighted by atomic mass is 10.1. The van der Waals surface area contributed by atoms with Gasteiger partial charge in [-0.15, -0.1) is 24.2 Å². The molecular weight excluding hydrogens is 346 g/mol. The van der Waals surface area contributed by atoms with Crippen LogP contribution in [-0.2, 0) is 4.79 Å². The third kappa shape index (κ3) is 6.00. The molecule has 134 valence electrons. The summed E-state index contributed by atoms with van der Waals surface area (Å²) in [6.07, 6.45) is 2.18. The van der Waals surface area contributed by atoms with Crippen molar-refractivity contribution in [1.29, 1.82) is 0 Å². The Kier molecular flexibility index (Phi) is 9.18. The average molecular weight is 372 g/mol. The van der Waals surface area contributed by atoms with Gasteiger partial charge in [0.25, 0.3) is 5.91 Å². The molecule has 1 fully saturated rings. The van der Waals surface area contributed by atoms with E-state index in [0.29, 0.717) is 24.4 Å². The second-order valence-electron chi connectivity index (χ2n) is 5.92. The van der Waals surface area contributed by atoms with Crippen molar-refractivity contribution in [2.75, 3.05) is 31.9 Å². The van der Waals surface area contributed by atoms with Gasteiger partial charge in [0.1, 0.15) is 0 Å². The van der Waals surface area contributed by atoms with Gasteiger partial charge < -0.3 is 16.0 Å². The largest absolute Gasteiger partial charge is 0.352 e. The van der Waals surface area contributed by atoms with Crippen LogP contribution >= 0.6 is 24.2 Å². The Bertz CT molecular complexity index is 550. The summed E-state index contributed by atoms with van der Waals surface area (Å²) in [6.45, 7) is 4.81. The lowest BCUT2D eigenvalue weighted by molar-refractivity contribution is -0.127. The van der Waals surface area contributed by atoms with E-state index in [2.05, 4.69) is 5.32 Å². The fourth-order valence-corrected chi connectivity index (χ4v) is 3.38. The molecule has 1 atom stereocenters. The van der Waals surface area contributed by atoms with Crippen molar-refractivity contribution in [2.24, 2.45) is 11.7 Å². The van der Waals surface area contributed by atoms with Crippen molar-refractivity contribution in [2.45, 2.75) is 24.7 Å². The van der Waals surface area contributed by atoms with Crippen LogP contribution in [0.1, 0.15) is 30.1 Å². The highest BCUT2D eigenvalue weighted by Gasteiger charge is 2.19. The highest BCUT2D eigenvalue weighted by atomic mass is 35.5. The van der Waals surface area contributed by atoms with Crippen LogP contribution in [0.25, 0.3) is 0 Å². The van der Waals surface area contributed by atoms with Crippen LogP contribution in [0.2, 0.25) is 0 Å². The van der Waals surface area contributed by atoms with Crippen LogP contribution in [0.3, 0.4) is 0 Å². The summed E-state index contributed by atoms with van der Waals surface area (Å²) in [4.78, 5) is 27.2. The fraction of sp³-hybridized carbons (Fsp3) is 0.529. The molecule has 0 saturated carbocycles. The van der Waals surface area contributed by atoms with E-state index in [1.165, 1.54) is 11.8 Å². The first-order valence-corrected chi connectivity index (χ1v) is 9.08. The highest BCUT2D eigenvalue weighted by molar-refractivity contribution is 8.00. The summed E-state index contributed by atoms with van der Waals surface area (Å²) in [5, 5.41) is 2.91. The second-order valence-corrected chi connectivity index (χ2v) is 6.94. The number of carbonyl (C=O) groups excluding carboxylic acids is 2. The van der Waals surface area contributed by atoms with Crippen LogP contribution in [0.15, 0.2) is 29.2 Å². The number of rotatable bonds is 7. The molecule has 1 unspecified atom stereocenters. The van der Waals surface area contributed by atoms with Gasteiger partial charge in [-0.3, -0.25) is 9.59 Å². The summed E-state index contributed by atoms with van der Waals surface area (Å²) in [6, 6.07) is 7.42. The predicted molar refractivity (Wildman–Crippen MR) is 101 cm³/mol. The molecule has 7 heteroatoms. The Morgan fingerprint density at radius 3 is 2.62 bits per heavy atom. The van der Waals surface area contributed by atoms with E-state index in [9.17, 15) is 9.59 Å². The minimum Gasteiger partial charge on any atom is -0.352 e. The summed E-state index contributed by atoms with van der Waals surface area (Å²) < 4.78 is 0. The first kappa shape index (κ1) is 20.8. The Morgan fingerprint density at radius 1 is 1.29 bits per heavy atom. The number of nitrogens with two attached hydrogens (primary N) is 1. The molecule has 3 N–H and O–H groups in total. The summed E-state index contributed by atoms with van der Waals surface area (Å²) in [7, 11) is 0. The Morgan fingerprint density at radius 2 is 1.96 bits per heavy atom. The lowest BCUT2D eigenvalue weighted by Gasteiger charge is -2.16. The number of carbonyl (C=O) groups is 2. The molecule has 1 aliphatic heterocycles. The molecule has 2 amide bonds. The monoisotopic (exact) mass is 371 g/mol. The fourth-order valence-electron chi connectivity index (χ4n) is 2.42. The van der Waals surface area contributed by atoms with Crippen LogP contribution in [0.5, 0.6) is 0 Å². The number of hydrogen-bond donors (Lipinski definition) is 2. The van der Waals surface area contributed by atoms with E-state index in [1.54, 1.807) is 6.07 Å². The molecule has 1 aromatic rings. The topological polar surface area (TPSA) is 75.4 Å². The molecule has 1 aromatic carbocycles.